The highest BCUT2D eigenvalue weighted by Crippen LogP contribution is 2.21. The minimum atomic E-state index is 0.133. The Balaban J connectivity index is 1.84. The molecule has 2 heterocycles. The van der Waals surface area contributed by atoms with E-state index >= 15 is 0 Å². The van der Waals surface area contributed by atoms with Crippen molar-refractivity contribution in [3.8, 4) is 0 Å². The molecule has 1 N–H and O–H groups in total. The Morgan fingerprint density at radius 1 is 1.16 bits per heavy atom. The highest BCUT2D eigenvalue weighted by atomic mass is 32.1. The molecule has 2 aromatic heterocycles. The van der Waals surface area contributed by atoms with Crippen molar-refractivity contribution in [3.63, 3.8) is 0 Å². The molecular formula is C14H14N4S. The fourth-order valence-electron chi connectivity index (χ4n) is 1.88. The lowest BCUT2D eigenvalue weighted by molar-refractivity contribution is 0.855. The Labute approximate surface area is 115 Å². The van der Waals surface area contributed by atoms with Crippen molar-refractivity contribution < 1.29 is 0 Å². The monoisotopic (exact) mass is 270 g/mol. The maximum absolute atomic E-state index is 4.55. The molecule has 0 radical (unpaired) electrons. The summed E-state index contributed by atoms with van der Waals surface area (Å²) in [5.74, 6) is 0.777. The van der Waals surface area contributed by atoms with Crippen LogP contribution in [0.1, 0.15) is 23.7 Å². The number of para-hydroxylation sites is 2. The number of nitrogens with one attached hydrogen (secondary N) is 1. The van der Waals surface area contributed by atoms with Gasteiger partial charge in [0.1, 0.15) is 10.8 Å². The molecule has 5 heteroatoms. The molecule has 0 aliphatic rings. The molecule has 0 spiro atoms. The van der Waals surface area contributed by atoms with Gasteiger partial charge >= 0.3 is 0 Å². The number of hydrogen-bond donors (Lipinski definition) is 1. The number of thiazole rings is 1. The largest absolute Gasteiger partial charge is 0.360 e. The van der Waals surface area contributed by atoms with Gasteiger partial charge in [-0.05, 0) is 26.0 Å². The highest BCUT2D eigenvalue weighted by molar-refractivity contribution is 7.09. The van der Waals surface area contributed by atoms with E-state index in [9.17, 15) is 0 Å². The smallest absolute Gasteiger partial charge is 0.145 e. The van der Waals surface area contributed by atoms with Crippen LogP contribution in [0.3, 0.4) is 0 Å². The van der Waals surface area contributed by atoms with Gasteiger partial charge in [-0.15, -0.1) is 11.3 Å². The van der Waals surface area contributed by atoms with Crippen LogP contribution in [-0.4, -0.2) is 15.0 Å². The van der Waals surface area contributed by atoms with Crippen LogP contribution in [-0.2, 0) is 0 Å². The Morgan fingerprint density at radius 3 is 2.68 bits per heavy atom. The van der Waals surface area contributed by atoms with E-state index in [2.05, 4.69) is 32.6 Å². The van der Waals surface area contributed by atoms with Crippen molar-refractivity contribution >= 4 is 28.2 Å². The predicted octanol–water partition coefficient (Wildman–Crippen LogP) is 3.57. The first kappa shape index (κ1) is 12.0. The Morgan fingerprint density at radius 2 is 1.95 bits per heavy atom. The second-order valence-corrected chi connectivity index (χ2v) is 5.33. The number of benzene rings is 1. The lowest BCUT2D eigenvalue weighted by Gasteiger charge is -2.11. The van der Waals surface area contributed by atoms with Gasteiger partial charge in [-0.1, -0.05) is 12.1 Å². The lowest BCUT2D eigenvalue weighted by atomic mass is 10.3. The minimum Gasteiger partial charge on any atom is -0.360 e. The summed E-state index contributed by atoms with van der Waals surface area (Å²) >= 11 is 1.66. The Bertz CT molecular complexity index is 707. The summed E-state index contributed by atoms with van der Waals surface area (Å²) < 4.78 is 0. The van der Waals surface area contributed by atoms with Crippen LogP contribution in [0.4, 0.5) is 5.82 Å². The Kier molecular flexibility index (Phi) is 3.13. The average Bonchev–Trinajstić information content (AvgIpc) is 2.85. The first-order valence-electron chi connectivity index (χ1n) is 6.13. The van der Waals surface area contributed by atoms with Crippen LogP contribution >= 0.6 is 11.3 Å². The van der Waals surface area contributed by atoms with Crippen LogP contribution in [0.5, 0.6) is 0 Å². The molecule has 0 saturated heterocycles. The summed E-state index contributed by atoms with van der Waals surface area (Å²) in [6, 6.07) is 7.99. The van der Waals surface area contributed by atoms with Crippen molar-refractivity contribution in [3.05, 3.63) is 46.5 Å². The van der Waals surface area contributed by atoms with Crippen LogP contribution in [0.25, 0.3) is 11.0 Å². The molecular weight excluding hydrogens is 256 g/mol. The van der Waals surface area contributed by atoms with Gasteiger partial charge in [0, 0.05) is 11.1 Å². The molecule has 1 aromatic carbocycles. The molecule has 0 aliphatic heterocycles. The van der Waals surface area contributed by atoms with E-state index in [0.717, 1.165) is 27.6 Å². The molecule has 0 aliphatic carbocycles. The van der Waals surface area contributed by atoms with Gasteiger partial charge in [-0.2, -0.15) is 0 Å². The third-order valence-corrected chi connectivity index (χ3v) is 3.97. The van der Waals surface area contributed by atoms with Crippen LogP contribution in [0.2, 0.25) is 0 Å². The number of aromatic nitrogens is 3. The van der Waals surface area contributed by atoms with E-state index in [0.29, 0.717) is 0 Å². The number of rotatable bonds is 3. The molecule has 96 valence electrons. The van der Waals surface area contributed by atoms with Crippen molar-refractivity contribution in [1.82, 2.24) is 15.0 Å². The van der Waals surface area contributed by atoms with Crippen molar-refractivity contribution in [2.45, 2.75) is 19.9 Å². The van der Waals surface area contributed by atoms with Gasteiger partial charge in [0.2, 0.25) is 0 Å². The second kappa shape index (κ2) is 4.93. The lowest BCUT2D eigenvalue weighted by Crippen LogP contribution is -2.08. The molecule has 1 unspecified atom stereocenters. The van der Waals surface area contributed by atoms with Crippen molar-refractivity contribution in [1.29, 1.82) is 0 Å². The summed E-state index contributed by atoms with van der Waals surface area (Å²) in [6.07, 6.45) is 1.76. The summed E-state index contributed by atoms with van der Waals surface area (Å²) in [4.78, 5) is 13.4. The zero-order chi connectivity index (χ0) is 13.2. The number of hydrogen-bond acceptors (Lipinski definition) is 5. The predicted molar refractivity (Wildman–Crippen MR) is 78.4 cm³/mol. The summed E-state index contributed by atoms with van der Waals surface area (Å²) in [7, 11) is 0. The van der Waals surface area contributed by atoms with Crippen LogP contribution in [0.15, 0.2) is 35.8 Å². The fraction of sp³-hybridized carbons (Fsp3) is 0.214. The van der Waals surface area contributed by atoms with Crippen LogP contribution in [0, 0.1) is 6.92 Å². The fourth-order valence-corrected chi connectivity index (χ4v) is 2.69. The van der Waals surface area contributed by atoms with Gasteiger partial charge in [0.25, 0.3) is 0 Å². The highest BCUT2D eigenvalue weighted by Gasteiger charge is 2.10. The first-order valence-corrected chi connectivity index (χ1v) is 7.01. The summed E-state index contributed by atoms with van der Waals surface area (Å²) in [5.41, 5.74) is 2.86. The minimum absolute atomic E-state index is 0.133. The topological polar surface area (TPSA) is 50.7 Å². The van der Waals surface area contributed by atoms with E-state index in [1.54, 1.807) is 17.5 Å². The zero-order valence-corrected chi connectivity index (χ0v) is 11.6. The van der Waals surface area contributed by atoms with E-state index in [-0.39, 0.29) is 6.04 Å². The van der Waals surface area contributed by atoms with Gasteiger partial charge in [0.05, 0.1) is 23.3 Å². The Hall–Kier alpha value is -2.01. The third kappa shape index (κ3) is 2.56. The number of aryl methyl sites for hydroxylation is 1. The number of nitrogens with zero attached hydrogens (tertiary/aromatic N) is 3. The molecule has 0 bridgehead atoms. The van der Waals surface area contributed by atoms with E-state index in [1.807, 2.05) is 31.2 Å². The molecule has 1 atom stereocenters. The van der Waals surface area contributed by atoms with Gasteiger partial charge < -0.3 is 5.32 Å². The molecule has 3 aromatic rings. The standard InChI is InChI=1S/C14H14N4S/c1-9-8-19-14(16-9)10(2)17-13-7-15-11-5-3-4-6-12(11)18-13/h3-8,10H,1-2H3,(H,17,18). The zero-order valence-electron chi connectivity index (χ0n) is 10.8. The van der Waals surface area contributed by atoms with E-state index < -0.39 is 0 Å². The number of anilines is 1. The van der Waals surface area contributed by atoms with Gasteiger partial charge in [0.15, 0.2) is 0 Å². The van der Waals surface area contributed by atoms with Crippen LogP contribution < -0.4 is 5.32 Å². The van der Waals surface area contributed by atoms with Crippen molar-refractivity contribution in [2.24, 2.45) is 0 Å². The van der Waals surface area contributed by atoms with Gasteiger partial charge in [-0.25, -0.2) is 9.97 Å². The van der Waals surface area contributed by atoms with E-state index in [1.165, 1.54) is 0 Å². The summed E-state index contributed by atoms with van der Waals surface area (Å²) in [6.45, 7) is 4.08. The van der Waals surface area contributed by atoms with Gasteiger partial charge in [-0.3, -0.25) is 4.98 Å². The number of fused-ring (bicyclic) bond motifs is 1. The average molecular weight is 270 g/mol. The maximum Gasteiger partial charge on any atom is 0.145 e. The van der Waals surface area contributed by atoms with E-state index in [4.69, 9.17) is 0 Å². The van der Waals surface area contributed by atoms with Crippen molar-refractivity contribution in [2.75, 3.05) is 5.32 Å². The molecule has 0 fully saturated rings. The normalized spacial score (nSPS) is 12.5. The molecule has 3 rings (SSSR count). The third-order valence-electron chi connectivity index (χ3n) is 2.82. The SMILES string of the molecule is Cc1csc(C(C)Nc2cnc3ccccc3n2)n1. The quantitative estimate of drug-likeness (QED) is 0.790. The molecule has 19 heavy (non-hydrogen) atoms. The molecule has 0 amide bonds. The second-order valence-electron chi connectivity index (χ2n) is 4.44. The maximum atomic E-state index is 4.55. The first-order chi connectivity index (χ1) is 9.22. The molecule has 0 saturated carbocycles. The summed E-state index contributed by atoms with van der Waals surface area (Å²) in [5, 5.41) is 6.46. The molecule has 4 nitrogen and oxygen atoms in total.